The van der Waals surface area contributed by atoms with E-state index in [9.17, 15) is 19.7 Å². The minimum Gasteiger partial charge on any atom is -0.457 e. The van der Waals surface area contributed by atoms with Crippen molar-refractivity contribution in [3.8, 4) is 0 Å². The third kappa shape index (κ3) is 3.28. The summed E-state index contributed by atoms with van der Waals surface area (Å²) in [7, 11) is 0. The lowest BCUT2D eigenvalue weighted by Gasteiger charge is -2.23. The number of fused-ring (bicyclic) bond motifs is 3. The number of amides is 1. The first-order valence-electron chi connectivity index (χ1n) is 8.82. The van der Waals surface area contributed by atoms with Gasteiger partial charge in [-0.05, 0) is 29.2 Å². The first kappa shape index (κ1) is 17.2. The van der Waals surface area contributed by atoms with Crippen LogP contribution in [0.5, 0.6) is 0 Å². The molecule has 0 aromatic heterocycles. The first-order valence-corrected chi connectivity index (χ1v) is 8.82. The van der Waals surface area contributed by atoms with Gasteiger partial charge < -0.3 is 9.64 Å². The van der Waals surface area contributed by atoms with Crippen LogP contribution in [0.2, 0.25) is 0 Å². The van der Waals surface area contributed by atoms with Gasteiger partial charge in [-0.25, -0.2) is 0 Å². The van der Waals surface area contributed by atoms with E-state index in [1.165, 1.54) is 12.1 Å². The van der Waals surface area contributed by atoms with Gasteiger partial charge in [0.2, 0.25) is 5.91 Å². The zero-order valence-corrected chi connectivity index (χ0v) is 14.5. The molecule has 1 saturated heterocycles. The molecule has 2 atom stereocenters. The molecule has 2 aliphatic rings. The lowest BCUT2D eigenvalue weighted by Crippen LogP contribution is -2.36. The number of carbonyl (C=O) groups is 2. The maximum absolute atomic E-state index is 13.0. The number of ether oxygens (including phenoxy) is 1. The van der Waals surface area contributed by atoms with E-state index in [1.54, 1.807) is 11.0 Å². The predicted molar refractivity (Wildman–Crippen MR) is 95.6 cm³/mol. The number of rotatable bonds is 4. The second-order valence-electron chi connectivity index (χ2n) is 6.86. The molecule has 2 aromatic rings. The van der Waals surface area contributed by atoms with Crippen LogP contribution < -0.4 is 0 Å². The SMILES string of the molecule is O=C1CC2C(=O)N(CCc3ccccc3)Cc3cc([N+](=O)[O-])ccc3C2O1. The van der Waals surface area contributed by atoms with Crippen LogP contribution in [0.4, 0.5) is 5.69 Å². The summed E-state index contributed by atoms with van der Waals surface area (Å²) in [5.74, 6) is -1.12. The van der Waals surface area contributed by atoms with Crippen molar-refractivity contribution in [1.29, 1.82) is 0 Å². The molecule has 7 nitrogen and oxygen atoms in total. The van der Waals surface area contributed by atoms with E-state index >= 15 is 0 Å². The van der Waals surface area contributed by atoms with E-state index in [0.29, 0.717) is 24.1 Å². The third-order valence-electron chi connectivity index (χ3n) is 5.16. The Morgan fingerprint density at radius 2 is 1.93 bits per heavy atom. The summed E-state index contributed by atoms with van der Waals surface area (Å²) >= 11 is 0. The summed E-state index contributed by atoms with van der Waals surface area (Å²) in [4.78, 5) is 37.3. The highest BCUT2D eigenvalue weighted by atomic mass is 16.6. The van der Waals surface area contributed by atoms with Crippen molar-refractivity contribution < 1.29 is 19.2 Å². The van der Waals surface area contributed by atoms with Crippen LogP contribution in [0, 0.1) is 16.0 Å². The molecule has 138 valence electrons. The molecular formula is C20H18N2O5. The first-order chi connectivity index (χ1) is 13.0. The van der Waals surface area contributed by atoms with Crippen LogP contribution >= 0.6 is 0 Å². The Balaban J connectivity index is 1.67. The predicted octanol–water partition coefficient (Wildman–Crippen LogP) is 2.78. The monoisotopic (exact) mass is 366 g/mol. The average Bonchev–Trinajstić information content (AvgIpc) is 3.02. The maximum atomic E-state index is 13.0. The number of nitrogens with zero attached hydrogens (tertiary/aromatic N) is 2. The fraction of sp³-hybridized carbons (Fsp3) is 0.300. The summed E-state index contributed by atoms with van der Waals surface area (Å²) in [5.41, 5.74) is 2.41. The smallest absolute Gasteiger partial charge is 0.307 e. The molecule has 0 N–H and O–H groups in total. The average molecular weight is 366 g/mol. The van der Waals surface area contributed by atoms with Gasteiger partial charge in [0.15, 0.2) is 0 Å². The number of hydrogen-bond donors (Lipinski definition) is 0. The molecule has 2 aromatic carbocycles. The van der Waals surface area contributed by atoms with E-state index in [-0.39, 0.29) is 24.6 Å². The lowest BCUT2D eigenvalue weighted by atomic mass is 9.93. The van der Waals surface area contributed by atoms with E-state index in [2.05, 4.69) is 0 Å². The number of benzene rings is 2. The molecule has 0 saturated carbocycles. The van der Waals surface area contributed by atoms with Gasteiger partial charge in [0.05, 0.1) is 17.3 Å². The molecule has 7 heteroatoms. The van der Waals surface area contributed by atoms with Gasteiger partial charge >= 0.3 is 5.97 Å². The van der Waals surface area contributed by atoms with Crippen molar-refractivity contribution in [2.75, 3.05) is 6.54 Å². The largest absolute Gasteiger partial charge is 0.457 e. The van der Waals surface area contributed by atoms with Gasteiger partial charge in [0.25, 0.3) is 5.69 Å². The highest BCUT2D eigenvalue weighted by Crippen LogP contribution is 2.41. The van der Waals surface area contributed by atoms with Crippen molar-refractivity contribution in [2.45, 2.75) is 25.5 Å². The molecule has 0 spiro atoms. The normalized spacial score (nSPS) is 21.3. The molecule has 2 aliphatic heterocycles. The summed E-state index contributed by atoms with van der Waals surface area (Å²) in [6.07, 6.45) is 0.0488. The number of nitro benzene ring substituents is 1. The van der Waals surface area contributed by atoms with E-state index in [1.807, 2.05) is 30.3 Å². The van der Waals surface area contributed by atoms with Gasteiger partial charge in [-0.2, -0.15) is 0 Å². The Kier molecular flexibility index (Phi) is 4.35. The standard InChI is InChI=1S/C20H18N2O5/c23-18-11-17-19(27-18)16-7-6-15(22(25)26)10-14(16)12-21(20(17)24)9-8-13-4-2-1-3-5-13/h1-7,10,17,19H,8-9,11-12H2. The molecule has 27 heavy (non-hydrogen) atoms. The van der Waals surface area contributed by atoms with Crippen molar-refractivity contribution in [3.05, 3.63) is 75.3 Å². The fourth-order valence-corrected chi connectivity index (χ4v) is 3.79. The number of hydrogen-bond acceptors (Lipinski definition) is 5. The minimum absolute atomic E-state index is 0.0352. The Bertz CT molecular complexity index is 912. The molecule has 1 fully saturated rings. The lowest BCUT2D eigenvalue weighted by molar-refractivity contribution is -0.384. The summed E-state index contributed by atoms with van der Waals surface area (Å²) in [6.45, 7) is 0.746. The number of nitro groups is 1. The molecule has 4 rings (SSSR count). The van der Waals surface area contributed by atoms with Gasteiger partial charge in [-0.1, -0.05) is 30.3 Å². The Labute approximate surface area is 155 Å². The van der Waals surface area contributed by atoms with Crippen molar-refractivity contribution >= 4 is 17.6 Å². The van der Waals surface area contributed by atoms with Crippen molar-refractivity contribution in [2.24, 2.45) is 5.92 Å². The molecule has 0 bridgehead atoms. The van der Waals surface area contributed by atoms with Crippen LogP contribution in [0.1, 0.15) is 29.2 Å². The summed E-state index contributed by atoms with van der Waals surface area (Å²) in [5, 5.41) is 11.1. The maximum Gasteiger partial charge on any atom is 0.307 e. The minimum atomic E-state index is -0.664. The topological polar surface area (TPSA) is 89.8 Å². The van der Waals surface area contributed by atoms with Crippen molar-refractivity contribution in [1.82, 2.24) is 4.90 Å². The zero-order chi connectivity index (χ0) is 19.0. The van der Waals surface area contributed by atoms with Crippen LogP contribution in [0.15, 0.2) is 48.5 Å². The fourth-order valence-electron chi connectivity index (χ4n) is 3.79. The highest BCUT2D eigenvalue weighted by Gasteiger charge is 2.45. The summed E-state index contributed by atoms with van der Waals surface area (Å²) in [6, 6.07) is 14.3. The number of non-ortho nitro benzene ring substituents is 1. The Morgan fingerprint density at radius 1 is 1.15 bits per heavy atom. The summed E-state index contributed by atoms with van der Waals surface area (Å²) < 4.78 is 5.40. The van der Waals surface area contributed by atoms with Gasteiger partial charge in [0, 0.05) is 25.2 Å². The van der Waals surface area contributed by atoms with Gasteiger partial charge in [-0.3, -0.25) is 19.7 Å². The van der Waals surface area contributed by atoms with Crippen LogP contribution in [-0.2, 0) is 27.3 Å². The Morgan fingerprint density at radius 3 is 2.67 bits per heavy atom. The van der Waals surface area contributed by atoms with Gasteiger partial charge in [-0.15, -0.1) is 0 Å². The molecule has 0 radical (unpaired) electrons. The van der Waals surface area contributed by atoms with Crippen LogP contribution in [-0.4, -0.2) is 28.2 Å². The highest BCUT2D eigenvalue weighted by molar-refractivity contribution is 5.88. The van der Waals surface area contributed by atoms with E-state index < -0.39 is 22.9 Å². The molecule has 1 amide bonds. The molecule has 2 heterocycles. The third-order valence-corrected chi connectivity index (χ3v) is 5.16. The number of esters is 1. The van der Waals surface area contributed by atoms with E-state index in [4.69, 9.17) is 4.74 Å². The molecule has 2 unspecified atom stereocenters. The molecular weight excluding hydrogens is 348 g/mol. The Hall–Kier alpha value is -3.22. The van der Waals surface area contributed by atoms with E-state index in [0.717, 1.165) is 5.56 Å². The van der Waals surface area contributed by atoms with Crippen LogP contribution in [0.3, 0.4) is 0 Å². The second-order valence-corrected chi connectivity index (χ2v) is 6.86. The van der Waals surface area contributed by atoms with Crippen LogP contribution in [0.25, 0.3) is 0 Å². The quantitative estimate of drug-likeness (QED) is 0.471. The second kappa shape index (κ2) is 6.83. The molecule has 0 aliphatic carbocycles. The van der Waals surface area contributed by atoms with Gasteiger partial charge in [0.1, 0.15) is 6.10 Å². The van der Waals surface area contributed by atoms with Crippen molar-refractivity contribution in [3.63, 3.8) is 0 Å². The number of carbonyl (C=O) groups excluding carboxylic acids is 2. The zero-order valence-electron chi connectivity index (χ0n) is 14.5.